The molecule has 18 heavy (non-hydrogen) atoms. The molecular weight excluding hydrogens is 224 g/mol. The highest BCUT2D eigenvalue weighted by atomic mass is 16.1. The standard InChI is InChI=1S/C15H28N2O/c1-5-13(18)14-12-7-8-16-9-11(12)10-17(14)15(3,4)6-2/h11-12,14,16H,5-10H2,1-4H3. The van der Waals surface area contributed by atoms with Crippen LogP contribution in [0.5, 0.6) is 0 Å². The molecule has 0 saturated carbocycles. The molecule has 2 aliphatic heterocycles. The Hall–Kier alpha value is -0.410. The Labute approximate surface area is 111 Å². The lowest BCUT2D eigenvalue weighted by Crippen LogP contribution is -2.51. The van der Waals surface area contributed by atoms with Crippen LogP contribution in [0.4, 0.5) is 0 Å². The third kappa shape index (κ3) is 2.35. The summed E-state index contributed by atoms with van der Waals surface area (Å²) < 4.78 is 0. The predicted molar refractivity (Wildman–Crippen MR) is 74.6 cm³/mol. The van der Waals surface area contributed by atoms with Gasteiger partial charge in [0, 0.05) is 18.5 Å². The molecule has 1 N–H and O–H groups in total. The Morgan fingerprint density at radius 2 is 2.11 bits per heavy atom. The molecule has 3 atom stereocenters. The molecule has 0 radical (unpaired) electrons. The number of likely N-dealkylation sites (tertiary alicyclic amines) is 1. The summed E-state index contributed by atoms with van der Waals surface area (Å²) in [6.45, 7) is 12.1. The van der Waals surface area contributed by atoms with Gasteiger partial charge in [-0.1, -0.05) is 13.8 Å². The van der Waals surface area contributed by atoms with E-state index in [0.29, 0.717) is 24.0 Å². The van der Waals surface area contributed by atoms with Crippen LogP contribution in [0.15, 0.2) is 0 Å². The molecule has 0 aromatic carbocycles. The van der Waals surface area contributed by atoms with Crippen LogP contribution in [0.2, 0.25) is 0 Å². The highest BCUT2D eigenvalue weighted by Crippen LogP contribution is 2.39. The molecule has 0 aromatic heterocycles. The van der Waals surface area contributed by atoms with E-state index in [1.807, 2.05) is 6.92 Å². The number of nitrogens with zero attached hydrogens (tertiary/aromatic N) is 1. The van der Waals surface area contributed by atoms with Crippen LogP contribution < -0.4 is 5.32 Å². The summed E-state index contributed by atoms with van der Waals surface area (Å²) in [7, 11) is 0. The van der Waals surface area contributed by atoms with Crippen molar-refractivity contribution in [1.82, 2.24) is 10.2 Å². The molecule has 2 aliphatic rings. The van der Waals surface area contributed by atoms with Gasteiger partial charge in [0.1, 0.15) is 5.78 Å². The highest BCUT2D eigenvalue weighted by Gasteiger charge is 2.49. The molecule has 3 unspecified atom stereocenters. The Morgan fingerprint density at radius 1 is 1.39 bits per heavy atom. The molecule has 2 fully saturated rings. The second kappa shape index (κ2) is 5.30. The summed E-state index contributed by atoms with van der Waals surface area (Å²) in [6.07, 6.45) is 2.95. The van der Waals surface area contributed by atoms with E-state index in [1.54, 1.807) is 0 Å². The maximum atomic E-state index is 12.4. The summed E-state index contributed by atoms with van der Waals surface area (Å²) in [4.78, 5) is 14.9. The first-order valence-corrected chi connectivity index (χ1v) is 7.51. The van der Waals surface area contributed by atoms with Gasteiger partial charge in [0.2, 0.25) is 0 Å². The first-order chi connectivity index (χ1) is 8.51. The summed E-state index contributed by atoms with van der Waals surface area (Å²) in [5.41, 5.74) is 0.146. The zero-order chi connectivity index (χ0) is 13.3. The van der Waals surface area contributed by atoms with Gasteiger partial charge in [-0.25, -0.2) is 0 Å². The Balaban J connectivity index is 2.25. The molecule has 0 spiro atoms. The maximum Gasteiger partial charge on any atom is 0.150 e. The number of piperidine rings is 1. The third-order valence-electron chi connectivity index (χ3n) is 5.16. The van der Waals surface area contributed by atoms with Gasteiger partial charge in [-0.05, 0) is 51.6 Å². The minimum Gasteiger partial charge on any atom is -0.316 e. The van der Waals surface area contributed by atoms with Crippen LogP contribution >= 0.6 is 0 Å². The van der Waals surface area contributed by atoms with Crippen molar-refractivity contribution in [3.05, 3.63) is 0 Å². The van der Waals surface area contributed by atoms with Gasteiger partial charge in [-0.2, -0.15) is 0 Å². The van der Waals surface area contributed by atoms with Crippen molar-refractivity contribution >= 4 is 5.78 Å². The molecule has 2 rings (SSSR count). The molecule has 104 valence electrons. The van der Waals surface area contributed by atoms with E-state index in [0.717, 1.165) is 32.5 Å². The number of rotatable bonds is 4. The third-order valence-corrected chi connectivity index (χ3v) is 5.16. The lowest BCUT2D eigenvalue weighted by Gasteiger charge is -2.39. The quantitative estimate of drug-likeness (QED) is 0.831. The molecule has 0 aromatic rings. The number of ketones is 1. The maximum absolute atomic E-state index is 12.4. The fraction of sp³-hybridized carbons (Fsp3) is 0.933. The van der Waals surface area contributed by atoms with Crippen LogP contribution in [-0.2, 0) is 4.79 Å². The van der Waals surface area contributed by atoms with Crippen LogP contribution in [0.1, 0.15) is 47.0 Å². The SMILES string of the molecule is CCC(=O)C1C2CCNCC2CN1C(C)(C)CC. The molecule has 3 heteroatoms. The van der Waals surface area contributed by atoms with Crippen molar-refractivity contribution in [3.8, 4) is 0 Å². The summed E-state index contributed by atoms with van der Waals surface area (Å²) in [5.74, 6) is 1.71. The van der Waals surface area contributed by atoms with E-state index < -0.39 is 0 Å². The van der Waals surface area contributed by atoms with Crippen LogP contribution in [-0.4, -0.2) is 41.9 Å². The van der Waals surface area contributed by atoms with Gasteiger partial charge in [-0.3, -0.25) is 9.69 Å². The van der Waals surface area contributed by atoms with E-state index in [-0.39, 0.29) is 11.6 Å². The second-order valence-electron chi connectivity index (χ2n) is 6.50. The van der Waals surface area contributed by atoms with Crippen LogP contribution in [0, 0.1) is 11.8 Å². The Bertz CT molecular complexity index is 314. The fourth-order valence-corrected chi connectivity index (χ4v) is 3.60. The van der Waals surface area contributed by atoms with Crippen molar-refractivity contribution in [3.63, 3.8) is 0 Å². The zero-order valence-electron chi connectivity index (χ0n) is 12.3. The van der Waals surface area contributed by atoms with Crippen LogP contribution in [0.3, 0.4) is 0 Å². The summed E-state index contributed by atoms with van der Waals surface area (Å²) >= 11 is 0. The molecule has 2 saturated heterocycles. The van der Waals surface area contributed by atoms with Crippen molar-refractivity contribution in [2.75, 3.05) is 19.6 Å². The zero-order valence-corrected chi connectivity index (χ0v) is 12.3. The first-order valence-electron chi connectivity index (χ1n) is 7.51. The van der Waals surface area contributed by atoms with Gasteiger partial charge < -0.3 is 5.32 Å². The lowest BCUT2D eigenvalue weighted by molar-refractivity contribution is -0.126. The Kier molecular flexibility index (Phi) is 4.12. The molecular formula is C15H28N2O. The number of hydrogen-bond donors (Lipinski definition) is 1. The van der Waals surface area contributed by atoms with Crippen molar-refractivity contribution in [1.29, 1.82) is 0 Å². The molecule has 3 nitrogen and oxygen atoms in total. The number of fused-ring (bicyclic) bond motifs is 1. The Morgan fingerprint density at radius 3 is 2.72 bits per heavy atom. The smallest absolute Gasteiger partial charge is 0.150 e. The van der Waals surface area contributed by atoms with Crippen molar-refractivity contribution in [2.45, 2.75) is 58.5 Å². The van der Waals surface area contributed by atoms with E-state index >= 15 is 0 Å². The summed E-state index contributed by atoms with van der Waals surface area (Å²) in [6, 6.07) is 0.178. The molecule has 0 bridgehead atoms. The molecule has 0 aliphatic carbocycles. The fourth-order valence-electron chi connectivity index (χ4n) is 3.60. The minimum absolute atomic E-state index is 0.146. The normalized spacial score (nSPS) is 33.4. The lowest BCUT2D eigenvalue weighted by atomic mass is 9.82. The average molecular weight is 252 g/mol. The van der Waals surface area contributed by atoms with Gasteiger partial charge in [-0.15, -0.1) is 0 Å². The van der Waals surface area contributed by atoms with Crippen molar-refractivity contribution < 1.29 is 4.79 Å². The van der Waals surface area contributed by atoms with E-state index in [2.05, 4.69) is 31.0 Å². The van der Waals surface area contributed by atoms with Crippen molar-refractivity contribution in [2.24, 2.45) is 11.8 Å². The van der Waals surface area contributed by atoms with E-state index in [1.165, 1.54) is 0 Å². The number of carbonyl (C=O) groups excluding carboxylic acids is 1. The molecule has 0 amide bonds. The minimum atomic E-state index is 0.146. The van der Waals surface area contributed by atoms with E-state index in [4.69, 9.17) is 0 Å². The second-order valence-corrected chi connectivity index (χ2v) is 6.50. The molecule has 2 heterocycles. The number of hydrogen-bond acceptors (Lipinski definition) is 3. The van der Waals surface area contributed by atoms with Crippen LogP contribution in [0.25, 0.3) is 0 Å². The predicted octanol–water partition coefficient (Wildman–Crippen LogP) is 2.06. The largest absolute Gasteiger partial charge is 0.316 e. The number of Topliss-reactive ketones (excluding diaryl/α,β-unsaturated/α-hetero) is 1. The van der Waals surface area contributed by atoms with Gasteiger partial charge >= 0.3 is 0 Å². The first kappa shape index (κ1) is 14.0. The topological polar surface area (TPSA) is 32.3 Å². The summed E-state index contributed by atoms with van der Waals surface area (Å²) in [5, 5.41) is 3.49. The number of nitrogens with one attached hydrogen (secondary N) is 1. The van der Waals surface area contributed by atoms with Gasteiger partial charge in [0.25, 0.3) is 0 Å². The van der Waals surface area contributed by atoms with Gasteiger partial charge in [0.15, 0.2) is 0 Å². The average Bonchev–Trinajstić information content (AvgIpc) is 2.78. The van der Waals surface area contributed by atoms with E-state index in [9.17, 15) is 4.79 Å². The van der Waals surface area contributed by atoms with Gasteiger partial charge in [0.05, 0.1) is 6.04 Å². The highest BCUT2D eigenvalue weighted by molar-refractivity contribution is 5.84. The number of carbonyl (C=O) groups is 1. The monoisotopic (exact) mass is 252 g/mol.